The Bertz CT molecular complexity index is 551. The molecule has 1 unspecified atom stereocenters. The van der Waals surface area contributed by atoms with Crippen LogP contribution in [0.1, 0.15) is 41.8 Å². The number of hydrogen-bond acceptors (Lipinski definition) is 3. The molecule has 1 aliphatic heterocycles. The number of carbonyl (C=O) groups is 1. The molecule has 4 nitrogen and oxygen atoms in total. The Morgan fingerprint density at radius 1 is 1.43 bits per heavy atom. The van der Waals surface area contributed by atoms with Crippen LogP contribution in [0, 0.1) is 18.8 Å². The van der Waals surface area contributed by atoms with Gasteiger partial charge in [-0.3, -0.25) is 4.79 Å². The first kappa shape index (κ1) is 16.4. The van der Waals surface area contributed by atoms with Crippen molar-refractivity contribution in [2.75, 3.05) is 26.2 Å². The van der Waals surface area contributed by atoms with Crippen LogP contribution in [0.2, 0.25) is 0 Å². The molecule has 2 fully saturated rings. The SMILES string of the molecule is Cc1ccoc1C(=O)NCC1CCN(CCC2CC2(F)F)CC1. The minimum absolute atomic E-state index is 0.0711. The van der Waals surface area contributed by atoms with E-state index in [-0.39, 0.29) is 12.3 Å². The minimum atomic E-state index is -2.40. The van der Waals surface area contributed by atoms with Crippen LogP contribution in [0.3, 0.4) is 0 Å². The Morgan fingerprint density at radius 3 is 2.70 bits per heavy atom. The second kappa shape index (κ2) is 6.59. The summed E-state index contributed by atoms with van der Waals surface area (Å²) in [6, 6.07) is 1.77. The molecule has 2 aliphatic rings. The van der Waals surface area contributed by atoms with Crippen molar-refractivity contribution in [1.29, 1.82) is 0 Å². The Hall–Kier alpha value is -1.43. The molecule has 2 heterocycles. The summed E-state index contributed by atoms with van der Waals surface area (Å²) in [5.74, 6) is -2.12. The van der Waals surface area contributed by atoms with Gasteiger partial charge < -0.3 is 14.6 Å². The third-order valence-corrected chi connectivity index (χ3v) is 5.08. The summed E-state index contributed by atoms with van der Waals surface area (Å²) in [5.41, 5.74) is 0.842. The zero-order valence-corrected chi connectivity index (χ0v) is 13.5. The standard InChI is InChI=1S/C17H24F2N2O2/c1-12-5-9-23-15(12)16(22)20-11-13-2-6-21(7-3-13)8-4-14-10-17(14,18)19/h5,9,13-14H,2-4,6-8,10-11H2,1H3,(H,20,22). The predicted octanol–water partition coefficient (Wildman–Crippen LogP) is 3.08. The summed E-state index contributed by atoms with van der Waals surface area (Å²) in [5, 5.41) is 2.93. The zero-order valence-electron chi connectivity index (χ0n) is 13.5. The van der Waals surface area contributed by atoms with Crippen LogP contribution >= 0.6 is 0 Å². The first-order valence-electron chi connectivity index (χ1n) is 8.38. The summed E-state index contributed by atoms with van der Waals surface area (Å²) in [6.07, 6.45) is 4.19. The van der Waals surface area contributed by atoms with E-state index < -0.39 is 11.8 Å². The van der Waals surface area contributed by atoms with E-state index in [4.69, 9.17) is 4.42 Å². The van der Waals surface area contributed by atoms with Crippen molar-refractivity contribution in [3.63, 3.8) is 0 Å². The van der Waals surface area contributed by atoms with Crippen LogP contribution in [0.5, 0.6) is 0 Å². The van der Waals surface area contributed by atoms with Crippen molar-refractivity contribution in [2.45, 2.75) is 38.5 Å². The molecule has 3 rings (SSSR count). The molecule has 1 aromatic rings. The lowest BCUT2D eigenvalue weighted by Crippen LogP contribution is -2.39. The van der Waals surface area contributed by atoms with Crippen LogP contribution in [0.25, 0.3) is 0 Å². The number of furan rings is 1. The Kier molecular flexibility index (Phi) is 4.71. The maximum absolute atomic E-state index is 12.9. The fourth-order valence-electron chi connectivity index (χ4n) is 3.26. The summed E-state index contributed by atoms with van der Waals surface area (Å²) < 4.78 is 30.9. The van der Waals surface area contributed by atoms with Crippen molar-refractivity contribution < 1.29 is 18.0 Å². The highest BCUT2D eigenvalue weighted by Gasteiger charge is 2.56. The number of nitrogens with zero attached hydrogens (tertiary/aromatic N) is 1. The highest BCUT2D eigenvalue weighted by Crippen LogP contribution is 2.50. The third kappa shape index (κ3) is 4.10. The van der Waals surface area contributed by atoms with Crippen LogP contribution in [0.15, 0.2) is 16.7 Å². The van der Waals surface area contributed by atoms with Gasteiger partial charge in [-0.25, -0.2) is 8.78 Å². The number of alkyl halides is 2. The highest BCUT2D eigenvalue weighted by atomic mass is 19.3. The van der Waals surface area contributed by atoms with Crippen LogP contribution < -0.4 is 5.32 Å². The molecule has 1 saturated carbocycles. The lowest BCUT2D eigenvalue weighted by atomic mass is 9.96. The average Bonchev–Trinajstić information content (AvgIpc) is 2.92. The van der Waals surface area contributed by atoms with Gasteiger partial charge >= 0.3 is 0 Å². The molecule has 1 aromatic heterocycles. The number of nitrogens with one attached hydrogen (secondary N) is 1. The molecule has 23 heavy (non-hydrogen) atoms. The Morgan fingerprint density at radius 2 is 2.13 bits per heavy atom. The predicted molar refractivity (Wildman–Crippen MR) is 82.6 cm³/mol. The van der Waals surface area contributed by atoms with Crippen molar-refractivity contribution in [1.82, 2.24) is 10.2 Å². The Labute approximate surface area is 135 Å². The van der Waals surface area contributed by atoms with E-state index in [0.717, 1.165) is 38.0 Å². The number of likely N-dealkylation sites (tertiary alicyclic amines) is 1. The van der Waals surface area contributed by atoms with Crippen LogP contribution in [-0.2, 0) is 0 Å². The van der Waals surface area contributed by atoms with Gasteiger partial charge in [-0.1, -0.05) is 0 Å². The van der Waals surface area contributed by atoms with Crippen molar-refractivity contribution in [3.05, 3.63) is 23.7 Å². The maximum atomic E-state index is 12.9. The molecule has 1 atom stereocenters. The molecule has 128 valence electrons. The number of aryl methyl sites for hydroxylation is 1. The normalized spacial score (nSPS) is 24.6. The molecule has 1 amide bonds. The van der Waals surface area contributed by atoms with Crippen molar-refractivity contribution in [2.24, 2.45) is 11.8 Å². The molecule has 0 aromatic carbocycles. The van der Waals surface area contributed by atoms with E-state index in [1.807, 2.05) is 6.92 Å². The largest absolute Gasteiger partial charge is 0.459 e. The molecule has 0 spiro atoms. The third-order valence-electron chi connectivity index (χ3n) is 5.08. The number of halogens is 2. The minimum Gasteiger partial charge on any atom is -0.459 e. The van der Waals surface area contributed by atoms with Gasteiger partial charge in [-0.05, 0) is 57.8 Å². The molecule has 1 aliphatic carbocycles. The van der Waals surface area contributed by atoms with Crippen molar-refractivity contribution in [3.8, 4) is 0 Å². The molecule has 0 radical (unpaired) electrons. The zero-order chi connectivity index (χ0) is 16.4. The second-order valence-corrected chi connectivity index (χ2v) is 6.88. The van der Waals surface area contributed by atoms with Crippen LogP contribution in [-0.4, -0.2) is 42.9 Å². The lowest BCUT2D eigenvalue weighted by Gasteiger charge is -2.32. The number of hydrogen-bond donors (Lipinski definition) is 1. The van der Waals surface area contributed by atoms with Gasteiger partial charge in [-0.15, -0.1) is 0 Å². The van der Waals surface area contributed by atoms with Gasteiger partial charge in [0.25, 0.3) is 11.8 Å². The average molecular weight is 326 g/mol. The van der Waals surface area contributed by atoms with E-state index >= 15 is 0 Å². The van der Waals surface area contributed by atoms with Gasteiger partial charge in [0.05, 0.1) is 6.26 Å². The molecule has 1 N–H and O–H groups in total. The lowest BCUT2D eigenvalue weighted by molar-refractivity contribution is 0.0891. The number of amides is 1. The van der Waals surface area contributed by atoms with E-state index in [0.29, 0.717) is 24.6 Å². The van der Waals surface area contributed by atoms with E-state index in [1.54, 1.807) is 6.07 Å². The van der Waals surface area contributed by atoms with Gasteiger partial charge in [0.1, 0.15) is 0 Å². The molecular formula is C17H24F2N2O2. The fourth-order valence-corrected chi connectivity index (χ4v) is 3.26. The second-order valence-electron chi connectivity index (χ2n) is 6.88. The number of carbonyl (C=O) groups excluding carboxylic acids is 1. The monoisotopic (exact) mass is 326 g/mol. The molecule has 1 saturated heterocycles. The van der Waals surface area contributed by atoms with Gasteiger partial charge in [-0.2, -0.15) is 0 Å². The smallest absolute Gasteiger partial charge is 0.287 e. The summed E-state index contributed by atoms with van der Waals surface area (Å²) in [6.45, 7) is 5.12. The van der Waals surface area contributed by atoms with E-state index in [2.05, 4.69) is 10.2 Å². The summed E-state index contributed by atoms with van der Waals surface area (Å²) in [4.78, 5) is 14.3. The van der Waals surface area contributed by atoms with Crippen molar-refractivity contribution >= 4 is 5.91 Å². The summed E-state index contributed by atoms with van der Waals surface area (Å²) >= 11 is 0. The van der Waals surface area contributed by atoms with E-state index in [9.17, 15) is 13.6 Å². The first-order valence-corrected chi connectivity index (χ1v) is 8.38. The molecule has 6 heteroatoms. The quantitative estimate of drug-likeness (QED) is 0.874. The van der Waals surface area contributed by atoms with Gasteiger partial charge in [0, 0.05) is 24.4 Å². The molecular weight excluding hydrogens is 302 g/mol. The van der Waals surface area contributed by atoms with E-state index in [1.165, 1.54) is 6.26 Å². The molecule has 0 bridgehead atoms. The topological polar surface area (TPSA) is 45.5 Å². The fraction of sp³-hybridized carbons (Fsp3) is 0.706. The maximum Gasteiger partial charge on any atom is 0.287 e. The number of piperidine rings is 1. The number of rotatable bonds is 6. The Balaban J connectivity index is 1.33. The van der Waals surface area contributed by atoms with Gasteiger partial charge in [0.15, 0.2) is 5.76 Å². The summed E-state index contributed by atoms with van der Waals surface area (Å²) in [7, 11) is 0. The highest BCUT2D eigenvalue weighted by molar-refractivity contribution is 5.92. The first-order chi connectivity index (χ1) is 11.0. The van der Waals surface area contributed by atoms with Crippen LogP contribution in [0.4, 0.5) is 8.78 Å². The van der Waals surface area contributed by atoms with Gasteiger partial charge in [0.2, 0.25) is 0 Å².